The van der Waals surface area contributed by atoms with E-state index in [9.17, 15) is 5.11 Å². The molecule has 6 aliphatic rings. The summed E-state index contributed by atoms with van der Waals surface area (Å²) in [4.78, 5) is 5.10. The SMILES string of the molecule is C[C@]12CC[C@H](OCCN3CCCC3)C[C@H]1CC[C@@H]1[C@@H]2CC[C@]2(C)[C@@](OCCN3CCCC3)(c3ccnnc3)CC[C@]12O. The minimum Gasteiger partial charge on any atom is -0.389 e. The third-order valence-corrected chi connectivity index (χ3v) is 13.9. The molecule has 4 saturated carbocycles. The summed E-state index contributed by atoms with van der Waals surface area (Å²) >= 11 is 0. The predicted molar refractivity (Wildman–Crippen MR) is 164 cm³/mol. The van der Waals surface area contributed by atoms with Gasteiger partial charge < -0.3 is 24.4 Å². The Morgan fingerprint density at radius 3 is 2.29 bits per heavy atom. The molecule has 1 aromatic rings. The van der Waals surface area contributed by atoms with Crippen molar-refractivity contribution in [2.75, 3.05) is 52.5 Å². The lowest BCUT2D eigenvalue weighted by Gasteiger charge is -2.64. The van der Waals surface area contributed by atoms with Gasteiger partial charge in [-0.25, -0.2) is 0 Å². The van der Waals surface area contributed by atoms with E-state index < -0.39 is 11.2 Å². The van der Waals surface area contributed by atoms with E-state index in [1.807, 2.05) is 12.4 Å². The van der Waals surface area contributed by atoms with E-state index in [1.165, 1.54) is 84.0 Å². The van der Waals surface area contributed by atoms with Crippen molar-refractivity contribution < 1.29 is 14.6 Å². The summed E-state index contributed by atoms with van der Waals surface area (Å²) in [5, 5.41) is 21.4. The molecule has 0 radical (unpaired) electrons. The molecule has 7 heteroatoms. The van der Waals surface area contributed by atoms with Crippen molar-refractivity contribution in [1.29, 1.82) is 0 Å². The minimum atomic E-state index is -0.718. The Hall–Kier alpha value is -1.12. The van der Waals surface area contributed by atoms with Crippen molar-refractivity contribution in [3.63, 3.8) is 0 Å². The first kappa shape index (κ1) is 29.6. The van der Waals surface area contributed by atoms with Gasteiger partial charge in [-0.2, -0.15) is 10.2 Å². The molecule has 3 heterocycles. The van der Waals surface area contributed by atoms with E-state index in [0.717, 1.165) is 50.9 Å². The Labute approximate surface area is 254 Å². The summed E-state index contributed by atoms with van der Waals surface area (Å²) in [7, 11) is 0. The third kappa shape index (κ3) is 4.79. The molecule has 1 aromatic heterocycles. The van der Waals surface area contributed by atoms with Gasteiger partial charge in [0.15, 0.2) is 0 Å². The molecule has 0 unspecified atom stereocenters. The van der Waals surface area contributed by atoms with Gasteiger partial charge in [-0.1, -0.05) is 13.8 Å². The molecule has 7 rings (SSSR count). The van der Waals surface area contributed by atoms with Crippen LogP contribution in [-0.4, -0.2) is 89.3 Å². The highest BCUT2D eigenvalue weighted by Gasteiger charge is 2.73. The van der Waals surface area contributed by atoms with Crippen molar-refractivity contribution in [3.8, 4) is 0 Å². The molecule has 2 aliphatic heterocycles. The van der Waals surface area contributed by atoms with Crippen LogP contribution in [0.1, 0.15) is 103 Å². The fourth-order valence-corrected chi connectivity index (χ4v) is 11.4. The van der Waals surface area contributed by atoms with E-state index in [1.54, 1.807) is 0 Å². The molecule has 0 spiro atoms. The lowest BCUT2D eigenvalue weighted by Crippen LogP contribution is -2.65. The first-order valence-electron chi connectivity index (χ1n) is 17.6. The normalized spacial score (nSPS) is 44.2. The van der Waals surface area contributed by atoms with Gasteiger partial charge >= 0.3 is 0 Å². The van der Waals surface area contributed by atoms with Crippen LogP contribution in [0.2, 0.25) is 0 Å². The van der Waals surface area contributed by atoms with Crippen LogP contribution < -0.4 is 0 Å². The Morgan fingerprint density at radius 2 is 1.57 bits per heavy atom. The van der Waals surface area contributed by atoms with Gasteiger partial charge in [0.05, 0.1) is 31.1 Å². The van der Waals surface area contributed by atoms with Gasteiger partial charge in [-0.05, 0) is 139 Å². The standard InChI is InChI=1S/C35H56N4O3/c1-32-12-9-29(41-23-21-38-17-3-4-18-38)25-27(32)7-8-31-30(32)10-13-33(2)34(31,40)14-15-35(33,28-11-16-36-37-26-28)42-24-22-39-19-5-6-20-39/h11,16,26-27,29-31,40H,3-10,12-15,17-25H2,1-2H3/t27-,29+,30+,31-,32+,33+,34+,35+/m1/s1. The Bertz CT molecular complexity index is 1060. The Morgan fingerprint density at radius 1 is 0.833 bits per heavy atom. The molecule has 42 heavy (non-hydrogen) atoms. The number of hydrogen-bond acceptors (Lipinski definition) is 7. The van der Waals surface area contributed by atoms with Crippen LogP contribution in [0.5, 0.6) is 0 Å². The van der Waals surface area contributed by atoms with Crippen LogP contribution in [-0.2, 0) is 15.1 Å². The van der Waals surface area contributed by atoms with E-state index in [-0.39, 0.29) is 5.41 Å². The van der Waals surface area contributed by atoms with E-state index in [4.69, 9.17) is 9.47 Å². The molecular weight excluding hydrogens is 524 g/mol. The van der Waals surface area contributed by atoms with Gasteiger partial charge in [0.2, 0.25) is 0 Å². The van der Waals surface area contributed by atoms with Crippen molar-refractivity contribution in [2.45, 2.75) is 115 Å². The molecule has 8 atom stereocenters. The fraction of sp³-hybridized carbons (Fsp3) is 0.886. The molecule has 0 amide bonds. The molecule has 6 fully saturated rings. The van der Waals surface area contributed by atoms with Crippen LogP contribution in [0.3, 0.4) is 0 Å². The number of nitrogens with zero attached hydrogens (tertiary/aromatic N) is 4. The van der Waals surface area contributed by atoms with Gasteiger partial charge in [-0.15, -0.1) is 0 Å². The third-order valence-electron chi connectivity index (χ3n) is 13.9. The van der Waals surface area contributed by atoms with Gasteiger partial charge in [0.25, 0.3) is 0 Å². The van der Waals surface area contributed by atoms with E-state index >= 15 is 0 Å². The van der Waals surface area contributed by atoms with Gasteiger partial charge in [-0.3, -0.25) is 0 Å². The second-order valence-electron chi connectivity index (χ2n) is 15.5. The molecule has 4 aliphatic carbocycles. The monoisotopic (exact) mass is 580 g/mol. The summed E-state index contributed by atoms with van der Waals surface area (Å²) in [6, 6.07) is 2.11. The molecular formula is C35H56N4O3. The topological polar surface area (TPSA) is 71.0 Å². The average molecular weight is 581 g/mol. The number of ether oxygens (including phenoxy) is 2. The van der Waals surface area contributed by atoms with Crippen molar-refractivity contribution in [1.82, 2.24) is 20.0 Å². The summed E-state index contributed by atoms with van der Waals surface area (Å²) in [6.45, 7) is 13.5. The van der Waals surface area contributed by atoms with Crippen LogP contribution in [0.4, 0.5) is 0 Å². The maximum Gasteiger partial charge on any atom is 0.103 e. The van der Waals surface area contributed by atoms with Crippen LogP contribution >= 0.6 is 0 Å². The zero-order chi connectivity index (χ0) is 28.8. The van der Waals surface area contributed by atoms with E-state index in [2.05, 4.69) is 39.9 Å². The average Bonchev–Trinajstić information content (AvgIpc) is 3.76. The number of likely N-dealkylation sites (tertiary alicyclic amines) is 2. The number of aromatic nitrogens is 2. The maximum atomic E-state index is 13.0. The van der Waals surface area contributed by atoms with Gasteiger partial charge in [0.1, 0.15) is 5.60 Å². The van der Waals surface area contributed by atoms with Crippen molar-refractivity contribution in [2.24, 2.45) is 28.6 Å². The van der Waals surface area contributed by atoms with Crippen molar-refractivity contribution >= 4 is 0 Å². The zero-order valence-electron chi connectivity index (χ0n) is 26.4. The molecule has 7 nitrogen and oxygen atoms in total. The maximum absolute atomic E-state index is 13.0. The summed E-state index contributed by atoms with van der Waals surface area (Å²) in [5.74, 6) is 1.63. The number of aliphatic hydroxyl groups is 1. The fourth-order valence-electron chi connectivity index (χ4n) is 11.4. The highest BCUT2D eigenvalue weighted by Crippen LogP contribution is 2.72. The molecule has 0 aromatic carbocycles. The first-order valence-corrected chi connectivity index (χ1v) is 17.6. The summed E-state index contributed by atoms with van der Waals surface area (Å²) in [5.41, 5.74) is -0.157. The number of rotatable bonds is 9. The lowest BCUT2D eigenvalue weighted by molar-refractivity contribution is -0.249. The highest BCUT2D eigenvalue weighted by molar-refractivity contribution is 5.31. The van der Waals surface area contributed by atoms with Crippen molar-refractivity contribution in [3.05, 3.63) is 24.0 Å². The smallest absolute Gasteiger partial charge is 0.103 e. The van der Waals surface area contributed by atoms with Crippen LogP contribution in [0, 0.1) is 28.6 Å². The second kappa shape index (κ2) is 11.7. The molecule has 234 valence electrons. The molecule has 1 N–H and O–H groups in total. The van der Waals surface area contributed by atoms with E-state index in [0.29, 0.717) is 35.9 Å². The highest BCUT2D eigenvalue weighted by atomic mass is 16.5. The minimum absolute atomic E-state index is 0.300. The zero-order valence-corrected chi connectivity index (χ0v) is 26.4. The summed E-state index contributed by atoms with van der Waals surface area (Å²) < 4.78 is 13.6. The predicted octanol–water partition coefficient (Wildman–Crippen LogP) is 5.42. The molecule has 2 saturated heterocycles. The quantitative estimate of drug-likeness (QED) is 0.418. The van der Waals surface area contributed by atoms with Gasteiger partial charge in [0, 0.05) is 30.3 Å². The lowest BCUT2D eigenvalue weighted by atomic mass is 9.42. The largest absolute Gasteiger partial charge is 0.389 e. The Balaban J connectivity index is 1.07. The van der Waals surface area contributed by atoms with Crippen LogP contribution in [0.15, 0.2) is 18.5 Å². The first-order chi connectivity index (χ1) is 20.4. The molecule has 0 bridgehead atoms. The summed E-state index contributed by atoms with van der Waals surface area (Å²) in [6.07, 6.45) is 19.3. The van der Waals surface area contributed by atoms with Crippen LogP contribution in [0.25, 0.3) is 0 Å². The number of fused-ring (bicyclic) bond motifs is 5. The number of hydrogen-bond donors (Lipinski definition) is 1. The second-order valence-corrected chi connectivity index (χ2v) is 15.5. The Kier molecular flexibility index (Phi) is 8.22.